The van der Waals surface area contributed by atoms with E-state index < -0.39 is 17.8 Å². The Morgan fingerprint density at radius 3 is 2.62 bits per heavy atom. The highest BCUT2D eigenvalue weighted by molar-refractivity contribution is 6.30. The van der Waals surface area contributed by atoms with E-state index in [1.807, 2.05) is 12.1 Å². The zero-order chi connectivity index (χ0) is 17.5. The lowest BCUT2D eigenvalue weighted by Crippen LogP contribution is -2.41. The van der Waals surface area contributed by atoms with Crippen LogP contribution in [0.1, 0.15) is 18.9 Å². The fraction of sp³-hybridized carbons (Fsp3) is 0.222. The maximum Gasteiger partial charge on any atom is 0.246 e. The van der Waals surface area contributed by atoms with Crippen molar-refractivity contribution in [2.75, 3.05) is 5.32 Å². The van der Waals surface area contributed by atoms with E-state index in [4.69, 9.17) is 11.6 Å². The number of benzene rings is 2. The molecule has 0 aliphatic rings. The van der Waals surface area contributed by atoms with Gasteiger partial charge in [0.05, 0.1) is 5.69 Å². The molecule has 6 heteroatoms. The first-order chi connectivity index (χ1) is 11.5. The highest BCUT2D eigenvalue weighted by Crippen LogP contribution is 2.13. The number of para-hydroxylation sites is 1. The van der Waals surface area contributed by atoms with Crippen molar-refractivity contribution in [1.82, 2.24) is 5.32 Å². The monoisotopic (exact) mass is 348 g/mol. The molecule has 0 heterocycles. The normalized spacial score (nSPS) is 11.6. The van der Waals surface area contributed by atoms with Crippen LogP contribution in [0.25, 0.3) is 0 Å². The molecule has 2 aromatic carbocycles. The maximum atomic E-state index is 13.5. The number of carbonyl (C=O) groups is 2. The van der Waals surface area contributed by atoms with Crippen LogP contribution in [0.15, 0.2) is 48.5 Å². The van der Waals surface area contributed by atoms with Crippen molar-refractivity contribution in [1.29, 1.82) is 0 Å². The predicted molar refractivity (Wildman–Crippen MR) is 92.4 cm³/mol. The van der Waals surface area contributed by atoms with Gasteiger partial charge in [0.25, 0.3) is 0 Å². The Kier molecular flexibility index (Phi) is 6.32. The second-order valence-electron chi connectivity index (χ2n) is 5.39. The number of aryl methyl sites for hydroxylation is 1. The summed E-state index contributed by atoms with van der Waals surface area (Å²) in [6, 6.07) is 12.4. The molecule has 2 rings (SSSR count). The molecule has 1 atom stereocenters. The van der Waals surface area contributed by atoms with Gasteiger partial charge in [0, 0.05) is 11.4 Å². The van der Waals surface area contributed by atoms with Crippen molar-refractivity contribution < 1.29 is 14.0 Å². The number of anilines is 1. The van der Waals surface area contributed by atoms with Crippen molar-refractivity contribution in [2.24, 2.45) is 0 Å². The van der Waals surface area contributed by atoms with Crippen LogP contribution in [0.4, 0.5) is 10.1 Å². The van der Waals surface area contributed by atoms with Gasteiger partial charge in [-0.2, -0.15) is 0 Å². The summed E-state index contributed by atoms with van der Waals surface area (Å²) in [5.74, 6) is -1.26. The fourth-order valence-electron chi connectivity index (χ4n) is 2.13. The molecule has 0 aromatic heterocycles. The van der Waals surface area contributed by atoms with Crippen molar-refractivity contribution in [3.05, 3.63) is 64.9 Å². The Hall–Kier alpha value is -2.40. The van der Waals surface area contributed by atoms with E-state index in [1.165, 1.54) is 18.2 Å². The number of halogens is 2. The second-order valence-corrected chi connectivity index (χ2v) is 5.82. The van der Waals surface area contributed by atoms with Gasteiger partial charge in [-0.15, -0.1) is 0 Å². The zero-order valence-electron chi connectivity index (χ0n) is 13.2. The summed E-state index contributed by atoms with van der Waals surface area (Å²) < 4.78 is 13.5. The SMILES string of the molecule is CC(NC(=O)CCc1cccc(Cl)c1)C(=O)Nc1ccccc1F. The first-order valence-electron chi connectivity index (χ1n) is 7.55. The Morgan fingerprint density at radius 2 is 1.92 bits per heavy atom. The van der Waals surface area contributed by atoms with E-state index >= 15 is 0 Å². The van der Waals surface area contributed by atoms with Gasteiger partial charge in [-0.1, -0.05) is 35.9 Å². The van der Waals surface area contributed by atoms with Gasteiger partial charge < -0.3 is 10.6 Å². The molecule has 1 unspecified atom stereocenters. The van der Waals surface area contributed by atoms with E-state index in [-0.39, 0.29) is 18.0 Å². The lowest BCUT2D eigenvalue weighted by Gasteiger charge is -2.14. The summed E-state index contributed by atoms with van der Waals surface area (Å²) in [5.41, 5.74) is 1.03. The molecule has 0 bridgehead atoms. The van der Waals surface area contributed by atoms with Gasteiger partial charge in [-0.05, 0) is 43.2 Å². The van der Waals surface area contributed by atoms with Crippen molar-refractivity contribution in [3.8, 4) is 0 Å². The predicted octanol–water partition coefficient (Wildman–Crippen LogP) is 3.56. The van der Waals surface area contributed by atoms with E-state index in [9.17, 15) is 14.0 Å². The van der Waals surface area contributed by atoms with Crippen LogP contribution in [-0.2, 0) is 16.0 Å². The highest BCUT2D eigenvalue weighted by atomic mass is 35.5. The Balaban J connectivity index is 1.82. The second kappa shape index (κ2) is 8.45. The number of nitrogens with one attached hydrogen (secondary N) is 2. The standard InChI is InChI=1S/C18H18ClFN2O2/c1-12(18(24)22-16-8-3-2-7-15(16)20)21-17(23)10-9-13-5-4-6-14(19)11-13/h2-8,11-12H,9-10H2,1H3,(H,21,23)(H,22,24). The number of hydrogen-bond donors (Lipinski definition) is 2. The molecule has 2 aromatic rings. The van der Waals surface area contributed by atoms with Gasteiger partial charge >= 0.3 is 0 Å². The molecule has 0 saturated heterocycles. The highest BCUT2D eigenvalue weighted by Gasteiger charge is 2.16. The Labute approximate surface area is 145 Å². The fourth-order valence-corrected chi connectivity index (χ4v) is 2.35. The quantitative estimate of drug-likeness (QED) is 0.838. The van der Waals surface area contributed by atoms with Gasteiger partial charge in [-0.25, -0.2) is 4.39 Å². The minimum absolute atomic E-state index is 0.0857. The average molecular weight is 349 g/mol. The lowest BCUT2D eigenvalue weighted by molar-refractivity contribution is -0.126. The zero-order valence-corrected chi connectivity index (χ0v) is 13.9. The van der Waals surface area contributed by atoms with Crippen molar-refractivity contribution in [3.63, 3.8) is 0 Å². The van der Waals surface area contributed by atoms with Gasteiger partial charge in [0.1, 0.15) is 11.9 Å². The van der Waals surface area contributed by atoms with Gasteiger partial charge in [0.2, 0.25) is 11.8 Å². The van der Waals surface area contributed by atoms with Crippen molar-refractivity contribution in [2.45, 2.75) is 25.8 Å². The van der Waals surface area contributed by atoms with Crippen LogP contribution < -0.4 is 10.6 Å². The van der Waals surface area contributed by atoms with Gasteiger partial charge in [0.15, 0.2) is 0 Å². The number of carbonyl (C=O) groups excluding carboxylic acids is 2. The van der Waals surface area contributed by atoms with Crippen molar-refractivity contribution >= 4 is 29.1 Å². The van der Waals surface area contributed by atoms with Crippen LogP contribution in [0.3, 0.4) is 0 Å². The smallest absolute Gasteiger partial charge is 0.246 e. The first-order valence-corrected chi connectivity index (χ1v) is 7.92. The molecule has 126 valence electrons. The molecule has 24 heavy (non-hydrogen) atoms. The summed E-state index contributed by atoms with van der Waals surface area (Å²) in [6.07, 6.45) is 0.756. The third kappa shape index (κ3) is 5.35. The minimum Gasteiger partial charge on any atom is -0.345 e. The maximum absolute atomic E-state index is 13.5. The minimum atomic E-state index is -0.767. The van der Waals surface area contributed by atoms with Crippen LogP contribution >= 0.6 is 11.6 Å². The topological polar surface area (TPSA) is 58.2 Å². The summed E-state index contributed by atoms with van der Waals surface area (Å²) in [7, 11) is 0. The molecule has 0 aliphatic heterocycles. The average Bonchev–Trinajstić information content (AvgIpc) is 2.55. The molecular weight excluding hydrogens is 331 g/mol. The van der Waals surface area contributed by atoms with Crippen LogP contribution in [0.2, 0.25) is 5.02 Å². The Bertz CT molecular complexity index is 736. The third-order valence-electron chi connectivity index (χ3n) is 3.43. The van der Waals surface area contributed by atoms with Crippen LogP contribution in [-0.4, -0.2) is 17.9 Å². The molecule has 2 N–H and O–H groups in total. The van der Waals surface area contributed by atoms with E-state index in [1.54, 1.807) is 25.1 Å². The molecular formula is C18H18ClFN2O2. The lowest BCUT2D eigenvalue weighted by atomic mass is 10.1. The van der Waals surface area contributed by atoms with Crippen LogP contribution in [0.5, 0.6) is 0 Å². The Morgan fingerprint density at radius 1 is 1.17 bits per heavy atom. The van der Waals surface area contributed by atoms with E-state index in [2.05, 4.69) is 10.6 Å². The third-order valence-corrected chi connectivity index (χ3v) is 3.67. The van der Waals surface area contributed by atoms with Crippen LogP contribution in [0, 0.1) is 5.82 Å². The molecule has 0 spiro atoms. The molecule has 0 fully saturated rings. The summed E-state index contributed by atoms with van der Waals surface area (Å²) in [5, 5.41) is 5.66. The number of hydrogen-bond acceptors (Lipinski definition) is 2. The molecule has 0 radical (unpaired) electrons. The molecule has 4 nitrogen and oxygen atoms in total. The molecule has 2 amide bonds. The van der Waals surface area contributed by atoms with E-state index in [0.29, 0.717) is 11.4 Å². The summed E-state index contributed by atoms with van der Waals surface area (Å²) in [6.45, 7) is 1.55. The summed E-state index contributed by atoms with van der Waals surface area (Å²) in [4.78, 5) is 23.9. The number of amides is 2. The summed E-state index contributed by atoms with van der Waals surface area (Å²) >= 11 is 5.89. The van der Waals surface area contributed by atoms with Gasteiger partial charge in [-0.3, -0.25) is 9.59 Å². The largest absolute Gasteiger partial charge is 0.345 e. The number of rotatable bonds is 6. The molecule has 0 aliphatic carbocycles. The molecule has 0 saturated carbocycles. The first kappa shape index (κ1) is 17.9. The van der Waals surface area contributed by atoms with E-state index in [0.717, 1.165) is 5.56 Å².